The van der Waals surface area contributed by atoms with E-state index in [4.69, 9.17) is 4.74 Å². The molecule has 0 aliphatic carbocycles. The highest BCUT2D eigenvalue weighted by atomic mass is 32.2. The summed E-state index contributed by atoms with van der Waals surface area (Å²) in [5, 5.41) is 3.89. The van der Waals surface area contributed by atoms with Crippen molar-refractivity contribution in [3.8, 4) is 0 Å². The van der Waals surface area contributed by atoms with Crippen molar-refractivity contribution < 1.29 is 21.9 Å². The summed E-state index contributed by atoms with van der Waals surface area (Å²) < 4.78 is 59.4. The van der Waals surface area contributed by atoms with Gasteiger partial charge in [-0.25, -0.2) is 21.9 Å². The summed E-state index contributed by atoms with van der Waals surface area (Å²) in [7, 11) is -4.08. The van der Waals surface area contributed by atoms with Crippen LogP contribution in [0.3, 0.4) is 0 Å². The number of halogens is 2. The zero-order valence-corrected chi connectivity index (χ0v) is 15.0. The molecule has 1 fully saturated rings. The Kier molecular flexibility index (Phi) is 5.80. The molecule has 1 saturated heterocycles. The summed E-state index contributed by atoms with van der Waals surface area (Å²) in [6.45, 7) is 2.64. The molecule has 2 aromatic rings. The monoisotopic (exact) mass is 388 g/mol. The van der Waals surface area contributed by atoms with Crippen molar-refractivity contribution in [2.24, 2.45) is 0 Å². The van der Waals surface area contributed by atoms with Gasteiger partial charge < -0.3 is 4.74 Å². The van der Waals surface area contributed by atoms with Crippen LogP contribution in [-0.4, -0.2) is 46.2 Å². The van der Waals surface area contributed by atoms with E-state index in [1.54, 1.807) is 0 Å². The number of sulfonamides is 1. The van der Waals surface area contributed by atoms with E-state index in [1.807, 2.05) is 16.8 Å². The van der Waals surface area contributed by atoms with Crippen LogP contribution in [0.1, 0.15) is 11.6 Å². The maximum absolute atomic E-state index is 13.8. The minimum atomic E-state index is -4.08. The molecule has 0 amide bonds. The Morgan fingerprint density at radius 1 is 1.24 bits per heavy atom. The first-order valence-electron chi connectivity index (χ1n) is 7.76. The molecule has 136 valence electrons. The Morgan fingerprint density at radius 3 is 2.64 bits per heavy atom. The fourth-order valence-electron chi connectivity index (χ4n) is 2.77. The summed E-state index contributed by atoms with van der Waals surface area (Å²) in [6, 6.07) is 4.19. The van der Waals surface area contributed by atoms with E-state index in [2.05, 4.69) is 9.62 Å². The zero-order chi connectivity index (χ0) is 17.9. The van der Waals surface area contributed by atoms with Crippen molar-refractivity contribution in [1.82, 2.24) is 9.62 Å². The highest BCUT2D eigenvalue weighted by Crippen LogP contribution is 2.24. The maximum atomic E-state index is 13.8. The summed E-state index contributed by atoms with van der Waals surface area (Å²) in [5.41, 5.74) is 0.995. The van der Waals surface area contributed by atoms with Crippen molar-refractivity contribution in [1.29, 1.82) is 0 Å². The zero-order valence-electron chi connectivity index (χ0n) is 13.3. The molecule has 1 aromatic carbocycles. The van der Waals surface area contributed by atoms with Gasteiger partial charge in [-0.1, -0.05) is 0 Å². The van der Waals surface area contributed by atoms with Gasteiger partial charge >= 0.3 is 0 Å². The molecule has 1 aromatic heterocycles. The van der Waals surface area contributed by atoms with E-state index in [0.29, 0.717) is 32.4 Å². The maximum Gasteiger partial charge on any atom is 0.243 e. The second kappa shape index (κ2) is 7.88. The fourth-order valence-corrected chi connectivity index (χ4v) is 4.57. The molecule has 1 N–H and O–H groups in total. The minimum absolute atomic E-state index is 0.0931. The predicted molar refractivity (Wildman–Crippen MR) is 91.0 cm³/mol. The predicted octanol–water partition coefficient (Wildman–Crippen LogP) is 2.38. The molecule has 1 aliphatic heterocycles. The molecule has 5 nitrogen and oxygen atoms in total. The quantitative estimate of drug-likeness (QED) is 0.826. The Balaban J connectivity index is 1.78. The molecule has 1 aliphatic rings. The highest BCUT2D eigenvalue weighted by Gasteiger charge is 2.26. The van der Waals surface area contributed by atoms with Crippen LogP contribution in [0.2, 0.25) is 0 Å². The van der Waals surface area contributed by atoms with Gasteiger partial charge in [0.05, 0.1) is 13.2 Å². The third-order valence-electron chi connectivity index (χ3n) is 4.06. The van der Waals surface area contributed by atoms with Crippen LogP contribution in [0.25, 0.3) is 0 Å². The summed E-state index contributed by atoms with van der Waals surface area (Å²) >= 11 is 1.53. The first kappa shape index (κ1) is 18.4. The first-order chi connectivity index (χ1) is 12.0. The molecule has 0 spiro atoms. The molecule has 0 bridgehead atoms. The van der Waals surface area contributed by atoms with Crippen molar-refractivity contribution in [3.63, 3.8) is 0 Å². The number of nitrogens with one attached hydrogen (secondary N) is 1. The van der Waals surface area contributed by atoms with Gasteiger partial charge in [0.1, 0.15) is 16.5 Å². The first-order valence-corrected chi connectivity index (χ1v) is 10.2. The molecule has 9 heteroatoms. The Hall–Kier alpha value is -1.39. The number of nitrogens with zero attached hydrogens (tertiary/aromatic N) is 1. The van der Waals surface area contributed by atoms with Gasteiger partial charge in [-0.3, -0.25) is 4.90 Å². The number of morpholine rings is 1. The molecule has 0 saturated carbocycles. The third kappa shape index (κ3) is 4.42. The van der Waals surface area contributed by atoms with Gasteiger partial charge in [0, 0.05) is 31.7 Å². The van der Waals surface area contributed by atoms with Gasteiger partial charge in [-0.2, -0.15) is 11.3 Å². The van der Waals surface area contributed by atoms with Gasteiger partial charge in [0.15, 0.2) is 0 Å². The van der Waals surface area contributed by atoms with Crippen LogP contribution in [0, 0.1) is 11.6 Å². The molecule has 2 heterocycles. The smallest absolute Gasteiger partial charge is 0.243 e. The Bertz CT molecular complexity index is 807. The van der Waals surface area contributed by atoms with Crippen molar-refractivity contribution in [2.45, 2.75) is 10.9 Å². The number of hydrogen-bond donors (Lipinski definition) is 1. The summed E-state index contributed by atoms with van der Waals surface area (Å²) in [4.78, 5) is 1.58. The topological polar surface area (TPSA) is 58.6 Å². The van der Waals surface area contributed by atoms with Crippen LogP contribution >= 0.6 is 11.3 Å². The second-order valence-electron chi connectivity index (χ2n) is 5.65. The summed E-state index contributed by atoms with van der Waals surface area (Å²) in [5.74, 6) is -1.92. The number of hydrogen-bond acceptors (Lipinski definition) is 5. The molecule has 0 radical (unpaired) electrons. The lowest BCUT2D eigenvalue weighted by molar-refractivity contribution is 0.0173. The Morgan fingerprint density at radius 2 is 2.00 bits per heavy atom. The van der Waals surface area contributed by atoms with Gasteiger partial charge in [-0.15, -0.1) is 0 Å². The lowest BCUT2D eigenvalue weighted by Gasteiger charge is -2.34. The normalized spacial score (nSPS) is 17.5. The summed E-state index contributed by atoms with van der Waals surface area (Å²) in [6.07, 6.45) is 0. The fraction of sp³-hybridized carbons (Fsp3) is 0.375. The Labute approximate surface area is 149 Å². The number of rotatable bonds is 6. The average molecular weight is 388 g/mol. The van der Waals surface area contributed by atoms with E-state index < -0.39 is 26.6 Å². The van der Waals surface area contributed by atoms with Crippen LogP contribution in [0.5, 0.6) is 0 Å². The molecule has 25 heavy (non-hydrogen) atoms. The van der Waals surface area contributed by atoms with Crippen LogP contribution in [0.15, 0.2) is 39.9 Å². The molecule has 1 atom stereocenters. The van der Waals surface area contributed by atoms with Crippen molar-refractivity contribution >= 4 is 21.4 Å². The standard InChI is InChI=1S/C16H18F2N2O3S2/c17-13-1-2-16(14(18)9-13)25(21,22)19-10-15(12-3-8-24-11-12)20-4-6-23-7-5-20/h1-3,8-9,11,15,19H,4-7,10H2/t15-/m0/s1. The minimum Gasteiger partial charge on any atom is -0.379 e. The van der Waals surface area contributed by atoms with E-state index in [-0.39, 0.29) is 12.6 Å². The lowest BCUT2D eigenvalue weighted by atomic mass is 10.1. The van der Waals surface area contributed by atoms with Crippen LogP contribution in [0.4, 0.5) is 8.78 Å². The van der Waals surface area contributed by atoms with Gasteiger partial charge in [-0.05, 0) is 34.5 Å². The van der Waals surface area contributed by atoms with Crippen LogP contribution in [-0.2, 0) is 14.8 Å². The number of thiophene rings is 1. The van der Waals surface area contributed by atoms with E-state index >= 15 is 0 Å². The van der Waals surface area contributed by atoms with E-state index in [0.717, 1.165) is 17.7 Å². The largest absolute Gasteiger partial charge is 0.379 e. The number of benzene rings is 1. The van der Waals surface area contributed by atoms with Crippen LogP contribution < -0.4 is 4.72 Å². The number of ether oxygens (including phenoxy) is 1. The third-order valence-corrected chi connectivity index (χ3v) is 6.22. The van der Waals surface area contributed by atoms with Crippen molar-refractivity contribution in [2.75, 3.05) is 32.8 Å². The van der Waals surface area contributed by atoms with Crippen molar-refractivity contribution in [3.05, 3.63) is 52.2 Å². The SMILES string of the molecule is O=S(=O)(NC[C@@H](c1ccsc1)N1CCOCC1)c1ccc(F)cc1F. The molecular weight excluding hydrogens is 370 g/mol. The van der Waals surface area contributed by atoms with E-state index in [9.17, 15) is 17.2 Å². The molecule has 3 rings (SSSR count). The lowest BCUT2D eigenvalue weighted by Crippen LogP contribution is -2.43. The average Bonchev–Trinajstić information content (AvgIpc) is 3.10. The van der Waals surface area contributed by atoms with Gasteiger partial charge in [0.2, 0.25) is 10.0 Å². The van der Waals surface area contributed by atoms with Gasteiger partial charge in [0.25, 0.3) is 0 Å². The molecule has 0 unspecified atom stereocenters. The van der Waals surface area contributed by atoms with E-state index in [1.165, 1.54) is 11.3 Å². The second-order valence-corrected chi connectivity index (χ2v) is 8.16. The molecular formula is C16H18F2N2O3S2. The highest BCUT2D eigenvalue weighted by molar-refractivity contribution is 7.89.